The third-order valence-electron chi connectivity index (χ3n) is 4.69. The smallest absolute Gasteiger partial charge is 0.224 e. The van der Waals surface area contributed by atoms with Gasteiger partial charge >= 0.3 is 0 Å². The van der Waals surface area contributed by atoms with Gasteiger partial charge in [0, 0.05) is 19.6 Å². The van der Waals surface area contributed by atoms with Crippen LogP contribution in [0.1, 0.15) is 17.2 Å². The SMILES string of the molecule is COc1ccc(C(CNC(=O)Cc2ccccc2)N2CCOCC2)cc1. The standard InChI is InChI=1S/C21H26N2O3/c1-25-19-9-7-18(8-10-19)20(23-11-13-26-14-12-23)16-22-21(24)15-17-5-3-2-4-6-17/h2-10,20H,11-16H2,1H3,(H,22,24). The monoisotopic (exact) mass is 354 g/mol. The van der Waals surface area contributed by atoms with Gasteiger partial charge in [0.1, 0.15) is 5.75 Å². The van der Waals surface area contributed by atoms with E-state index in [-0.39, 0.29) is 11.9 Å². The summed E-state index contributed by atoms with van der Waals surface area (Å²) in [4.78, 5) is 14.7. The van der Waals surface area contributed by atoms with Crippen molar-refractivity contribution in [1.82, 2.24) is 10.2 Å². The molecule has 1 saturated heterocycles. The van der Waals surface area contributed by atoms with Gasteiger partial charge in [-0.05, 0) is 23.3 Å². The number of ether oxygens (including phenoxy) is 2. The first-order chi connectivity index (χ1) is 12.8. The lowest BCUT2D eigenvalue weighted by Crippen LogP contribution is -2.44. The number of hydrogen-bond donors (Lipinski definition) is 1. The lowest BCUT2D eigenvalue weighted by molar-refractivity contribution is -0.120. The van der Waals surface area contributed by atoms with Crippen LogP contribution in [-0.2, 0) is 16.0 Å². The van der Waals surface area contributed by atoms with E-state index in [0.717, 1.165) is 37.6 Å². The fourth-order valence-corrected chi connectivity index (χ4v) is 3.23. The Labute approximate surface area is 154 Å². The maximum Gasteiger partial charge on any atom is 0.224 e. The Morgan fingerprint density at radius 2 is 1.81 bits per heavy atom. The summed E-state index contributed by atoms with van der Waals surface area (Å²) >= 11 is 0. The minimum absolute atomic E-state index is 0.0444. The van der Waals surface area contributed by atoms with Crippen molar-refractivity contribution < 1.29 is 14.3 Å². The number of rotatable bonds is 7. The first-order valence-corrected chi connectivity index (χ1v) is 9.02. The third-order valence-corrected chi connectivity index (χ3v) is 4.69. The van der Waals surface area contributed by atoms with Gasteiger partial charge in [0.2, 0.25) is 5.91 Å². The Kier molecular flexibility index (Phi) is 6.63. The van der Waals surface area contributed by atoms with Gasteiger partial charge in [0.05, 0.1) is 32.8 Å². The second-order valence-electron chi connectivity index (χ2n) is 6.40. The number of benzene rings is 2. The van der Waals surface area contributed by atoms with Gasteiger partial charge in [-0.2, -0.15) is 0 Å². The molecule has 0 bridgehead atoms. The first kappa shape index (κ1) is 18.4. The van der Waals surface area contributed by atoms with Crippen molar-refractivity contribution in [2.75, 3.05) is 40.0 Å². The van der Waals surface area contributed by atoms with Crippen LogP contribution in [0, 0.1) is 0 Å². The number of methoxy groups -OCH3 is 1. The van der Waals surface area contributed by atoms with Crippen LogP contribution in [0.5, 0.6) is 5.75 Å². The summed E-state index contributed by atoms with van der Waals surface area (Å²) in [7, 11) is 1.66. The van der Waals surface area contributed by atoms with E-state index < -0.39 is 0 Å². The van der Waals surface area contributed by atoms with Gasteiger partial charge < -0.3 is 14.8 Å². The molecule has 0 aliphatic carbocycles. The Bertz CT molecular complexity index is 682. The van der Waals surface area contributed by atoms with Crippen LogP contribution in [0.25, 0.3) is 0 Å². The molecule has 26 heavy (non-hydrogen) atoms. The summed E-state index contributed by atoms with van der Waals surface area (Å²) in [5.41, 5.74) is 2.20. The highest BCUT2D eigenvalue weighted by Crippen LogP contribution is 2.23. The fraction of sp³-hybridized carbons (Fsp3) is 0.381. The van der Waals surface area contributed by atoms with Gasteiger partial charge in [-0.15, -0.1) is 0 Å². The Morgan fingerprint density at radius 1 is 1.12 bits per heavy atom. The van der Waals surface area contributed by atoms with Crippen LogP contribution in [0.4, 0.5) is 0 Å². The summed E-state index contributed by atoms with van der Waals surface area (Å²) < 4.78 is 10.7. The molecule has 138 valence electrons. The maximum absolute atomic E-state index is 12.4. The predicted molar refractivity (Wildman–Crippen MR) is 101 cm³/mol. The normalized spacial score (nSPS) is 16.0. The Balaban J connectivity index is 1.65. The van der Waals surface area contributed by atoms with Crippen LogP contribution in [-0.4, -0.2) is 50.8 Å². The fourth-order valence-electron chi connectivity index (χ4n) is 3.23. The molecule has 5 heteroatoms. The molecule has 1 fully saturated rings. The maximum atomic E-state index is 12.4. The molecule has 2 aromatic carbocycles. The van der Waals surface area contributed by atoms with E-state index in [9.17, 15) is 4.79 Å². The Hall–Kier alpha value is -2.37. The largest absolute Gasteiger partial charge is 0.497 e. The molecule has 0 saturated carbocycles. The predicted octanol–water partition coefficient (Wildman–Crippen LogP) is 2.43. The molecule has 3 rings (SSSR count). The van der Waals surface area contributed by atoms with Crippen LogP contribution in [0.2, 0.25) is 0 Å². The zero-order valence-electron chi connectivity index (χ0n) is 15.2. The summed E-state index contributed by atoms with van der Waals surface area (Å²) in [5.74, 6) is 0.880. The molecule has 0 spiro atoms. The van der Waals surface area contributed by atoms with E-state index in [1.807, 2.05) is 42.5 Å². The molecular formula is C21H26N2O3. The van der Waals surface area contributed by atoms with Crippen molar-refractivity contribution in [2.45, 2.75) is 12.5 Å². The van der Waals surface area contributed by atoms with Gasteiger partial charge in [-0.1, -0.05) is 42.5 Å². The van der Waals surface area contributed by atoms with E-state index in [0.29, 0.717) is 13.0 Å². The van der Waals surface area contributed by atoms with Gasteiger partial charge in [0.15, 0.2) is 0 Å². The summed E-state index contributed by atoms with van der Waals surface area (Å²) in [5, 5.41) is 3.10. The van der Waals surface area contributed by atoms with Crippen molar-refractivity contribution in [2.24, 2.45) is 0 Å². The number of nitrogens with one attached hydrogen (secondary N) is 1. The topological polar surface area (TPSA) is 50.8 Å². The van der Waals surface area contributed by atoms with Gasteiger partial charge in [0.25, 0.3) is 0 Å². The molecule has 1 unspecified atom stereocenters. The molecule has 0 radical (unpaired) electrons. The zero-order chi connectivity index (χ0) is 18.2. The van der Waals surface area contributed by atoms with Crippen LogP contribution < -0.4 is 10.1 Å². The Morgan fingerprint density at radius 3 is 2.46 bits per heavy atom. The molecule has 1 heterocycles. The molecule has 0 aromatic heterocycles. The van der Waals surface area contributed by atoms with Crippen LogP contribution >= 0.6 is 0 Å². The second-order valence-corrected chi connectivity index (χ2v) is 6.40. The number of hydrogen-bond acceptors (Lipinski definition) is 4. The highest BCUT2D eigenvalue weighted by molar-refractivity contribution is 5.78. The lowest BCUT2D eigenvalue weighted by atomic mass is 10.0. The van der Waals surface area contributed by atoms with E-state index >= 15 is 0 Å². The lowest BCUT2D eigenvalue weighted by Gasteiger charge is -2.35. The third kappa shape index (κ3) is 5.07. The van der Waals surface area contributed by atoms with Gasteiger partial charge in [-0.3, -0.25) is 9.69 Å². The number of carbonyl (C=O) groups excluding carboxylic acids is 1. The molecule has 1 amide bonds. The number of nitrogens with zero attached hydrogens (tertiary/aromatic N) is 1. The average molecular weight is 354 g/mol. The first-order valence-electron chi connectivity index (χ1n) is 9.02. The molecule has 1 aliphatic rings. The number of amides is 1. The van der Waals surface area contributed by atoms with Crippen LogP contribution in [0.15, 0.2) is 54.6 Å². The highest BCUT2D eigenvalue weighted by atomic mass is 16.5. The zero-order valence-corrected chi connectivity index (χ0v) is 15.2. The quantitative estimate of drug-likeness (QED) is 0.830. The molecule has 2 aromatic rings. The van der Waals surface area contributed by atoms with Crippen molar-refractivity contribution in [3.05, 3.63) is 65.7 Å². The van der Waals surface area contributed by atoms with Crippen molar-refractivity contribution >= 4 is 5.91 Å². The van der Waals surface area contributed by atoms with Crippen molar-refractivity contribution in [1.29, 1.82) is 0 Å². The number of morpholine rings is 1. The highest BCUT2D eigenvalue weighted by Gasteiger charge is 2.23. The van der Waals surface area contributed by atoms with Gasteiger partial charge in [-0.25, -0.2) is 0 Å². The van der Waals surface area contributed by atoms with E-state index in [1.165, 1.54) is 5.56 Å². The van der Waals surface area contributed by atoms with E-state index in [2.05, 4.69) is 22.3 Å². The summed E-state index contributed by atoms with van der Waals surface area (Å²) in [6.07, 6.45) is 0.402. The molecule has 1 atom stereocenters. The van der Waals surface area contributed by atoms with Crippen molar-refractivity contribution in [3.63, 3.8) is 0 Å². The molecule has 1 N–H and O–H groups in total. The molecule has 5 nitrogen and oxygen atoms in total. The summed E-state index contributed by atoms with van der Waals surface area (Å²) in [6.45, 7) is 3.77. The second kappa shape index (κ2) is 9.36. The minimum Gasteiger partial charge on any atom is -0.497 e. The molecular weight excluding hydrogens is 328 g/mol. The van der Waals surface area contributed by atoms with E-state index in [4.69, 9.17) is 9.47 Å². The average Bonchev–Trinajstić information content (AvgIpc) is 2.70. The molecule has 1 aliphatic heterocycles. The van der Waals surface area contributed by atoms with E-state index in [1.54, 1.807) is 7.11 Å². The van der Waals surface area contributed by atoms with Crippen molar-refractivity contribution in [3.8, 4) is 5.75 Å². The summed E-state index contributed by atoms with van der Waals surface area (Å²) in [6, 6.07) is 18.0. The number of carbonyl (C=O) groups is 1. The van der Waals surface area contributed by atoms with Crippen LogP contribution in [0.3, 0.4) is 0 Å². The minimum atomic E-state index is 0.0444.